The summed E-state index contributed by atoms with van der Waals surface area (Å²) >= 11 is 0. The minimum Gasteiger partial charge on any atom is -0.376 e. The van der Waals surface area contributed by atoms with Gasteiger partial charge in [-0.3, -0.25) is 0 Å². The molecule has 0 aliphatic heterocycles. The summed E-state index contributed by atoms with van der Waals surface area (Å²) < 4.78 is 5.10. The minimum atomic E-state index is -1.02. The molecule has 0 unspecified atom stereocenters. The smallest absolute Gasteiger partial charge is 0.163 e. The van der Waals surface area contributed by atoms with Crippen molar-refractivity contribution in [3.8, 4) is 6.07 Å². The van der Waals surface area contributed by atoms with E-state index in [1.807, 2.05) is 30.3 Å². The highest BCUT2D eigenvalue weighted by molar-refractivity contribution is 5.13. The molecule has 0 spiro atoms. The lowest BCUT2D eigenvalue weighted by Crippen LogP contribution is -2.12. The Morgan fingerprint density at radius 1 is 1.38 bits per heavy atom. The summed E-state index contributed by atoms with van der Waals surface area (Å²) in [6.45, 7) is 0.491. The maximum absolute atomic E-state index is 8.85. The highest BCUT2D eigenvalue weighted by Gasteiger charge is 2.00. The van der Waals surface area contributed by atoms with Crippen LogP contribution in [0.2, 0.25) is 0 Å². The van der Waals surface area contributed by atoms with E-state index in [9.17, 15) is 0 Å². The Kier molecular flexibility index (Phi) is 3.97. The zero-order valence-electron chi connectivity index (χ0n) is 7.18. The molecule has 0 aliphatic carbocycles. The Hall–Kier alpha value is -1.37. The number of hydrogen-bond donors (Lipinski definition) is 1. The Morgan fingerprint density at radius 3 is 2.69 bits per heavy atom. The van der Waals surface area contributed by atoms with Gasteiger partial charge >= 0.3 is 0 Å². The number of hydrogen-bond acceptors (Lipinski definition) is 3. The van der Waals surface area contributed by atoms with E-state index in [4.69, 9.17) is 15.1 Å². The van der Waals surface area contributed by atoms with Gasteiger partial charge in [0.2, 0.25) is 0 Å². The first kappa shape index (κ1) is 9.72. The van der Waals surface area contributed by atoms with Crippen LogP contribution in [-0.4, -0.2) is 17.8 Å². The van der Waals surface area contributed by atoms with Crippen LogP contribution >= 0.6 is 0 Å². The summed E-state index contributed by atoms with van der Waals surface area (Å²) in [6, 6.07) is 11.3. The van der Waals surface area contributed by atoms with Crippen LogP contribution in [0.1, 0.15) is 5.56 Å². The van der Waals surface area contributed by atoms with E-state index >= 15 is 0 Å². The Bertz CT molecular complexity index is 279. The zero-order chi connectivity index (χ0) is 9.52. The normalized spacial score (nSPS) is 12.0. The van der Waals surface area contributed by atoms with Crippen LogP contribution in [0.15, 0.2) is 30.3 Å². The van der Waals surface area contributed by atoms with Gasteiger partial charge in [-0.25, -0.2) is 0 Å². The zero-order valence-corrected chi connectivity index (χ0v) is 7.18. The second-order valence-corrected chi connectivity index (χ2v) is 2.65. The summed E-state index contributed by atoms with van der Waals surface area (Å²) in [7, 11) is 0. The molecule has 0 radical (unpaired) electrons. The van der Waals surface area contributed by atoms with Gasteiger partial charge in [0.1, 0.15) is 0 Å². The summed E-state index contributed by atoms with van der Waals surface area (Å²) in [4.78, 5) is 0. The lowest BCUT2D eigenvalue weighted by molar-refractivity contribution is 0.0535. The van der Waals surface area contributed by atoms with Gasteiger partial charge in [0.25, 0.3) is 0 Å². The number of benzene rings is 1. The molecule has 3 nitrogen and oxygen atoms in total. The molecule has 0 aromatic heterocycles. The highest BCUT2D eigenvalue weighted by atomic mass is 16.5. The van der Waals surface area contributed by atoms with Crippen LogP contribution in [0.3, 0.4) is 0 Å². The molecule has 0 amide bonds. The molecule has 68 valence electrons. The molecule has 0 saturated carbocycles. The van der Waals surface area contributed by atoms with E-state index < -0.39 is 6.10 Å². The Morgan fingerprint density at radius 2 is 2.08 bits per heavy atom. The van der Waals surface area contributed by atoms with Crippen LogP contribution in [0.25, 0.3) is 0 Å². The topological polar surface area (TPSA) is 53.2 Å². The van der Waals surface area contributed by atoms with Crippen LogP contribution in [0.5, 0.6) is 0 Å². The fourth-order valence-electron chi connectivity index (χ4n) is 0.900. The average Bonchev–Trinajstić information content (AvgIpc) is 2.19. The van der Waals surface area contributed by atoms with Gasteiger partial charge in [0, 0.05) is 0 Å². The quantitative estimate of drug-likeness (QED) is 0.700. The number of rotatable bonds is 4. The summed E-state index contributed by atoms with van der Waals surface area (Å²) in [5.74, 6) is 0. The van der Waals surface area contributed by atoms with Crippen molar-refractivity contribution in [2.45, 2.75) is 12.7 Å². The fraction of sp³-hybridized carbons (Fsp3) is 0.300. The van der Waals surface area contributed by atoms with Gasteiger partial charge in [-0.05, 0) is 5.56 Å². The Labute approximate surface area is 77.2 Å². The molecule has 1 N–H and O–H groups in total. The van der Waals surface area contributed by atoms with Crippen molar-refractivity contribution >= 4 is 0 Å². The van der Waals surface area contributed by atoms with E-state index in [-0.39, 0.29) is 6.61 Å². The number of nitrogens with zero attached hydrogens (tertiary/aromatic N) is 1. The van der Waals surface area contributed by atoms with Crippen molar-refractivity contribution in [2.24, 2.45) is 0 Å². The van der Waals surface area contributed by atoms with Crippen molar-refractivity contribution in [3.63, 3.8) is 0 Å². The third kappa shape index (κ3) is 3.70. The van der Waals surface area contributed by atoms with Gasteiger partial charge < -0.3 is 9.84 Å². The van der Waals surface area contributed by atoms with Crippen LogP contribution in [-0.2, 0) is 11.3 Å². The first-order valence-corrected chi connectivity index (χ1v) is 4.02. The summed E-state index contributed by atoms with van der Waals surface area (Å²) in [6.07, 6.45) is -1.02. The molecule has 0 saturated heterocycles. The van der Waals surface area contributed by atoms with Gasteiger partial charge in [-0.15, -0.1) is 0 Å². The van der Waals surface area contributed by atoms with E-state index in [1.165, 1.54) is 0 Å². The number of aliphatic hydroxyl groups is 1. The highest BCUT2D eigenvalue weighted by Crippen LogP contribution is 2.00. The average molecular weight is 177 g/mol. The SMILES string of the molecule is N#C[C@H](O)COCc1ccccc1. The molecule has 0 fully saturated rings. The number of nitriles is 1. The second kappa shape index (κ2) is 5.31. The monoisotopic (exact) mass is 177 g/mol. The first-order chi connectivity index (χ1) is 6.33. The summed E-state index contributed by atoms with van der Waals surface area (Å²) in [5.41, 5.74) is 1.03. The maximum Gasteiger partial charge on any atom is 0.163 e. The van der Waals surface area contributed by atoms with Gasteiger partial charge in [0.15, 0.2) is 6.10 Å². The molecule has 13 heavy (non-hydrogen) atoms. The van der Waals surface area contributed by atoms with E-state index in [0.717, 1.165) is 5.56 Å². The third-order valence-corrected chi connectivity index (χ3v) is 1.54. The molecular formula is C10H11NO2. The molecule has 1 rings (SSSR count). The largest absolute Gasteiger partial charge is 0.376 e. The van der Waals surface area contributed by atoms with Crippen LogP contribution in [0.4, 0.5) is 0 Å². The van der Waals surface area contributed by atoms with Gasteiger partial charge in [-0.2, -0.15) is 5.26 Å². The van der Waals surface area contributed by atoms with Crippen molar-refractivity contribution in [2.75, 3.05) is 6.61 Å². The molecule has 0 aliphatic rings. The molecule has 3 heteroatoms. The van der Waals surface area contributed by atoms with Crippen molar-refractivity contribution in [1.29, 1.82) is 5.26 Å². The molecule has 1 aromatic rings. The lowest BCUT2D eigenvalue weighted by Gasteiger charge is -2.04. The number of ether oxygens (including phenoxy) is 1. The third-order valence-electron chi connectivity index (χ3n) is 1.54. The molecular weight excluding hydrogens is 166 g/mol. The van der Waals surface area contributed by atoms with Gasteiger partial charge in [-0.1, -0.05) is 30.3 Å². The van der Waals surface area contributed by atoms with E-state index in [2.05, 4.69) is 0 Å². The van der Waals surface area contributed by atoms with Crippen molar-refractivity contribution < 1.29 is 9.84 Å². The number of aliphatic hydroxyl groups excluding tert-OH is 1. The maximum atomic E-state index is 8.85. The molecule has 1 atom stereocenters. The Balaban J connectivity index is 2.25. The summed E-state index contributed by atoms with van der Waals surface area (Å²) in [5, 5.41) is 17.1. The van der Waals surface area contributed by atoms with Crippen molar-refractivity contribution in [1.82, 2.24) is 0 Å². The lowest BCUT2D eigenvalue weighted by atomic mass is 10.2. The predicted molar refractivity (Wildman–Crippen MR) is 47.7 cm³/mol. The van der Waals surface area contributed by atoms with E-state index in [1.54, 1.807) is 6.07 Å². The van der Waals surface area contributed by atoms with Gasteiger partial charge in [0.05, 0.1) is 19.3 Å². The van der Waals surface area contributed by atoms with Crippen LogP contribution in [0, 0.1) is 11.3 Å². The van der Waals surface area contributed by atoms with Crippen LogP contribution < -0.4 is 0 Å². The second-order valence-electron chi connectivity index (χ2n) is 2.65. The molecule has 0 heterocycles. The van der Waals surface area contributed by atoms with E-state index in [0.29, 0.717) is 6.61 Å². The molecule has 0 bridgehead atoms. The fourth-order valence-corrected chi connectivity index (χ4v) is 0.900. The first-order valence-electron chi connectivity index (χ1n) is 4.02. The molecule has 1 aromatic carbocycles. The predicted octanol–water partition coefficient (Wildman–Crippen LogP) is 1.09. The standard InChI is InChI=1S/C10H11NO2/c11-6-10(12)8-13-7-9-4-2-1-3-5-9/h1-5,10,12H,7-8H2/t10-/m0/s1. The van der Waals surface area contributed by atoms with Crippen molar-refractivity contribution in [3.05, 3.63) is 35.9 Å². The minimum absolute atomic E-state index is 0.0609.